The van der Waals surface area contributed by atoms with Crippen molar-refractivity contribution in [1.82, 2.24) is 4.90 Å². The number of ether oxygens (including phenoxy) is 1. The Morgan fingerprint density at radius 1 is 0.926 bits per heavy atom. The number of carbonyl (C=O) groups excluding carboxylic acids is 3. The number of esters is 1. The summed E-state index contributed by atoms with van der Waals surface area (Å²) in [5.41, 5.74) is 2.95. The van der Waals surface area contributed by atoms with Crippen molar-refractivity contribution in [2.75, 3.05) is 6.54 Å². The highest BCUT2D eigenvalue weighted by Gasteiger charge is 2.35. The number of imide groups is 1. The molecule has 0 aromatic heterocycles. The average molecular weight is 365 g/mol. The minimum atomic E-state index is -0.438. The Morgan fingerprint density at radius 3 is 2.00 bits per heavy atom. The van der Waals surface area contributed by atoms with E-state index >= 15 is 0 Å². The van der Waals surface area contributed by atoms with E-state index in [1.807, 2.05) is 24.3 Å². The minimum absolute atomic E-state index is 0.0220. The van der Waals surface area contributed by atoms with Crippen molar-refractivity contribution in [2.24, 2.45) is 0 Å². The van der Waals surface area contributed by atoms with Gasteiger partial charge in [-0.15, -0.1) is 0 Å². The molecule has 0 saturated heterocycles. The quantitative estimate of drug-likeness (QED) is 0.598. The van der Waals surface area contributed by atoms with E-state index in [2.05, 4.69) is 20.8 Å². The van der Waals surface area contributed by atoms with E-state index in [9.17, 15) is 14.4 Å². The molecule has 0 bridgehead atoms. The normalized spacial score (nSPS) is 13.7. The third kappa shape index (κ3) is 4.08. The monoisotopic (exact) mass is 365 g/mol. The van der Waals surface area contributed by atoms with Crippen LogP contribution >= 0.6 is 0 Å². The largest absolute Gasteiger partial charge is 0.461 e. The first-order valence-corrected chi connectivity index (χ1v) is 8.97. The lowest BCUT2D eigenvalue weighted by Gasteiger charge is -2.19. The van der Waals surface area contributed by atoms with Crippen molar-refractivity contribution in [3.63, 3.8) is 0 Å². The molecule has 140 valence electrons. The summed E-state index contributed by atoms with van der Waals surface area (Å²) in [6, 6.07) is 14.6. The van der Waals surface area contributed by atoms with Crippen LogP contribution in [0.25, 0.3) is 0 Å². The van der Waals surface area contributed by atoms with Crippen molar-refractivity contribution < 1.29 is 19.1 Å². The molecule has 5 nitrogen and oxygen atoms in total. The number of fused-ring (bicyclic) bond motifs is 1. The van der Waals surface area contributed by atoms with Gasteiger partial charge in [0.2, 0.25) is 0 Å². The maximum absolute atomic E-state index is 12.3. The first-order chi connectivity index (χ1) is 12.8. The summed E-state index contributed by atoms with van der Waals surface area (Å²) in [6.45, 7) is 6.61. The lowest BCUT2D eigenvalue weighted by Crippen LogP contribution is -2.32. The van der Waals surface area contributed by atoms with E-state index in [0.29, 0.717) is 11.1 Å². The maximum Gasteiger partial charge on any atom is 0.307 e. The van der Waals surface area contributed by atoms with Crippen LogP contribution in [0.1, 0.15) is 59.0 Å². The maximum atomic E-state index is 12.3. The molecule has 0 N–H and O–H groups in total. The molecule has 0 spiro atoms. The Balaban J connectivity index is 1.51. The number of hydrogen-bond acceptors (Lipinski definition) is 4. The van der Waals surface area contributed by atoms with Crippen LogP contribution in [0.4, 0.5) is 0 Å². The van der Waals surface area contributed by atoms with Gasteiger partial charge in [0.05, 0.1) is 17.5 Å². The zero-order valence-corrected chi connectivity index (χ0v) is 15.8. The van der Waals surface area contributed by atoms with Gasteiger partial charge >= 0.3 is 5.97 Å². The van der Waals surface area contributed by atoms with Gasteiger partial charge in [-0.25, -0.2) is 0 Å². The van der Waals surface area contributed by atoms with E-state index in [-0.39, 0.29) is 36.8 Å². The van der Waals surface area contributed by atoms with E-state index < -0.39 is 5.97 Å². The average Bonchev–Trinajstić information content (AvgIpc) is 2.89. The first-order valence-electron chi connectivity index (χ1n) is 8.97. The molecule has 2 amide bonds. The van der Waals surface area contributed by atoms with Crippen LogP contribution in [-0.2, 0) is 21.6 Å². The van der Waals surface area contributed by atoms with E-state index in [1.165, 1.54) is 5.56 Å². The zero-order valence-electron chi connectivity index (χ0n) is 15.8. The number of carbonyl (C=O) groups is 3. The van der Waals surface area contributed by atoms with Gasteiger partial charge in [-0.1, -0.05) is 57.2 Å². The van der Waals surface area contributed by atoms with Crippen molar-refractivity contribution in [3.8, 4) is 0 Å². The van der Waals surface area contributed by atoms with Crippen molar-refractivity contribution in [3.05, 3.63) is 70.8 Å². The van der Waals surface area contributed by atoms with Gasteiger partial charge in [-0.2, -0.15) is 0 Å². The van der Waals surface area contributed by atoms with E-state index in [1.54, 1.807) is 24.3 Å². The second kappa shape index (κ2) is 7.35. The van der Waals surface area contributed by atoms with Gasteiger partial charge in [0.15, 0.2) is 0 Å². The second-order valence-corrected chi connectivity index (χ2v) is 7.67. The highest BCUT2D eigenvalue weighted by molar-refractivity contribution is 6.21. The lowest BCUT2D eigenvalue weighted by atomic mass is 9.87. The predicted octanol–water partition coefficient (Wildman–Crippen LogP) is 3.71. The van der Waals surface area contributed by atoms with Gasteiger partial charge in [0, 0.05) is 6.54 Å². The second-order valence-electron chi connectivity index (χ2n) is 7.67. The van der Waals surface area contributed by atoms with Gasteiger partial charge < -0.3 is 4.74 Å². The molecule has 0 unspecified atom stereocenters. The third-order valence-corrected chi connectivity index (χ3v) is 4.64. The molecule has 5 heteroatoms. The van der Waals surface area contributed by atoms with Crippen molar-refractivity contribution in [1.29, 1.82) is 0 Å². The zero-order chi connectivity index (χ0) is 19.6. The molecule has 3 rings (SSSR count). The van der Waals surface area contributed by atoms with E-state index in [0.717, 1.165) is 10.5 Å². The van der Waals surface area contributed by atoms with Gasteiger partial charge in [-0.3, -0.25) is 19.3 Å². The molecular formula is C22H23NO4. The molecule has 0 radical (unpaired) electrons. The summed E-state index contributed by atoms with van der Waals surface area (Å²) < 4.78 is 5.27. The number of nitrogens with zero attached hydrogens (tertiary/aromatic N) is 1. The fourth-order valence-electron chi connectivity index (χ4n) is 2.98. The fraction of sp³-hybridized carbons (Fsp3) is 0.318. The molecular weight excluding hydrogens is 342 g/mol. The number of benzene rings is 2. The molecule has 0 saturated carbocycles. The van der Waals surface area contributed by atoms with Gasteiger partial charge in [0.1, 0.15) is 6.61 Å². The van der Waals surface area contributed by atoms with Gasteiger partial charge in [0.25, 0.3) is 11.8 Å². The predicted molar refractivity (Wildman–Crippen MR) is 101 cm³/mol. The Kier molecular flexibility index (Phi) is 5.13. The van der Waals surface area contributed by atoms with Crippen molar-refractivity contribution >= 4 is 17.8 Å². The molecule has 1 aliphatic heterocycles. The lowest BCUT2D eigenvalue weighted by molar-refractivity contribution is -0.145. The molecule has 0 atom stereocenters. The summed E-state index contributed by atoms with van der Waals surface area (Å²) in [5, 5.41) is 0. The number of amides is 2. The highest BCUT2D eigenvalue weighted by Crippen LogP contribution is 2.23. The van der Waals surface area contributed by atoms with E-state index in [4.69, 9.17) is 4.74 Å². The first kappa shape index (κ1) is 18.8. The molecule has 0 fully saturated rings. The summed E-state index contributed by atoms with van der Waals surface area (Å²) in [6.07, 6.45) is -0.0223. The van der Waals surface area contributed by atoms with Crippen LogP contribution in [0.5, 0.6) is 0 Å². The molecule has 27 heavy (non-hydrogen) atoms. The Labute approximate surface area is 158 Å². The number of hydrogen-bond donors (Lipinski definition) is 0. The van der Waals surface area contributed by atoms with Gasteiger partial charge in [-0.05, 0) is 28.7 Å². The Morgan fingerprint density at radius 2 is 1.48 bits per heavy atom. The Bertz CT molecular complexity index is 843. The smallest absolute Gasteiger partial charge is 0.307 e. The summed E-state index contributed by atoms with van der Waals surface area (Å²) in [7, 11) is 0. The number of rotatable bonds is 5. The standard InChI is InChI=1S/C22H23NO4/c1-22(2,3)16-10-8-15(9-11-16)14-27-19(24)12-13-23-20(25)17-6-4-5-7-18(17)21(23)26/h4-11H,12-14H2,1-3H3. The Hall–Kier alpha value is -2.95. The minimum Gasteiger partial charge on any atom is -0.461 e. The summed E-state index contributed by atoms with van der Waals surface area (Å²) in [4.78, 5) is 37.6. The molecule has 2 aromatic carbocycles. The highest BCUT2D eigenvalue weighted by atomic mass is 16.5. The third-order valence-electron chi connectivity index (χ3n) is 4.64. The van der Waals surface area contributed by atoms with Crippen LogP contribution in [0, 0.1) is 0 Å². The molecule has 1 heterocycles. The summed E-state index contributed by atoms with van der Waals surface area (Å²) >= 11 is 0. The van der Waals surface area contributed by atoms with Crippen LogP contribution in [0.15, 0.2) is 48.5 Å². The molecule has 2 aromatic rings. The summed E-state index contributed by atoms with van der Waals surface area (Å²) in [5.74, 6) is -1.16. The SMILES string of the molecule is CC(C)(C)c1ccc(COC(=O)CCN2C(=O)c3ccccc3C2=O)cc1. The van der Waals surface area contributed by atoms with Crippen LogP contribution < -0.4 is 0 Å². The topological polar surface area (TPSA) is 63.7 Å². The molecule has 0 aliphatic carbocycles. The van der Waals surface area contributed by atoms with Crippen LogP contribution in [0.2, 0.25) is 0 Å². The van der Waals surface area contributed by atoms with Crippen molar-refractivity contribution in [2.45, 2.75) is 39.2 Å². The van der Waals surface area contributed by atoms with Crippen LogP contribution in [0.3, 0.4) is 0 Å². The fourth-order valence-corrected chi connectivity index (χ4v) is 2.98. The van der Waals surface area contributed by atoms with Crippen LogP contribution in [-0.4, -0.2) is 29.2 Å². The molecule has 1 aliphatic rings.